The molecule has 0 atom stereocenters. The zero-order chi connectivity index (χ0) is 13.0. The molecule has 3 nitrogen and oxygen atoms in total. The van der Waals surface area contributed by atoms with Crippen molar-refractivity contribution in [1.82, 2.24) is 0 Å². The van der Waals surface area contributed by atoms with Gasteiger partial charge in [-0.1, -0.05) is 36.4 Å². The lowest BCUT2D eigenvalue weighted by Crippen LogP contribution is -2.08. The van der Waals surface area contributed by atoms with E-state index < -0.39 is 9.84 Å². The van der Waals surface area contributed by atoms with E-state index in [0.29, 0.717) is 13.0 Å². The molecule has 2 rings (SSSR count). The predicted molar refractivity (Wildman–Crippen MR) is 73.8 cm³/mol. The highest BCUT2D eigenvalue weighted by Crippen LogP contribution is 2.25. The van der Waals surface area contributed by atoms with Gasteiger partial charge in [0, 0.05) is 11.6 Å². The molecular formula is C14H16O3S. The van der Waals surface area contributed by atoms with Gasteiger partial charge in [-0.25, -0.2) is 8.42 Å². The molecule has 2 aromatic rings. The predicted octanol–water partition coefficient (Wildman–Crippen LogP) is 2.65. The van der Waals surface area contributed by atoms with Crippen molar-refractivity contribution >= 4 is 20.6 Å². The van der Waals surface area contributed by atoms with Crippen molar-refractivity contribution in [2.75, 3.05) is 18.6 Å². The SMILES string of the molecule is CS(=O)(=O)CCCOc1cccc2ccccc12. The number of benzene rings is 2. The van der Waals surface area contributed by atoms with Crippen LogP contribution in [0.4, 0.5) is 0 Å². The van der Waals surface area contributed by atoms with E-state index in [4.69, 9.17) is 4.74 Å². The largest absolute Gasteiger partial charge is 0.493 e. The Morgan fingerprint density at radius 2 is 1.78 bits per heavy atom. The van der Waals surface area contributed by atoms with Gasteiger partial charge >= 0.3 is 0 Å². The van der Waals surface area contributed by atoms with Crippen LogP contribution < -0.4 is 4.74 Å². The Morgan fingerprint density at radius 1 is 1.06 bits per heavy atom. The van der Waals surface area contributed by atoms with Gasteiger partial charge in [-0.15, -0.1) is 0 Å². The second kappa shape index (κ2) is 5.40. The van der Waals surface area contributed by atoms with Crippen LogP contribution in [0, 0.1) is 0 Å². The third-order valence-corrected chi connectivity index (χ3v) is 3.70. The van der Waals surface area contributed by atoms with E-state index in [-0.39, 0.29) is 5.75 Å². The van der Waals surface area contributed by atoms with Crippen LogP contribution in [0.15, 0.2) is 42.5 Å². The topological polar surface area (TPSA) is 43.4 Å². The maximum atomic E-state index is 11.0. The van der Waals surface area contributed by atoms with Gasteiger partial charge in [-0.05, 0) is 17.9 Å². The summed E-state index contributed by atoms with van der Waals surface area (Å²) in [4.78, 5) is 0. The van der Waals surface area contributed by atoms with Crippen LogP contribution in [-0.4, -0.2) is 27.0 Å². The third-order valence-electron chi connectivity index (χ3n) is 2.67. The Balaban J connectivity index is 2.04. The number of sulfone groups is 1. The van der Waals surface area contributed by atoms with Gasteiger partial charge in [0.1, 0.15) is 15.6 Å². The molecule has 0 aliphatic carbocycles. The molecule has 0 saturated carbocycles. The molecule has 0 saturated heterocycles. The molecule has 0 aliphatic rings. The Kier molecular flexibility index (Phi) is 3.87. The van der Waals surface area contributed by atoms with Crippen molar-refractivity contribution in [3.63, 3.8) is 0 Å². The molecule has 18 heavy (non-hydrogen) atoms. The van der Waals surface area contributed by atoms with Crippen LogP contribution in [0.1, 0.15) is 6.42 Å². The molecule has 0 radical (unpaired) electrons. The summed E-state index contributed by atoms with van der Waals surface area (Å²) in [5.74, 6) is 0.971. The summed E-state index contributed by atoms with van der Waals surface area (Å²) in [6.07, 6.45) is 1.76. The van der Waals surface area contributed by atoms with E-state index in [2.05, 4.69) is 0 Å². The summed E-state index contributed by atoms with van der Waals surface area (Å²) in [6.45, 7) is 0.418. The Morgan fingerprint density at radius 3 is 2.56 bits per heavy atom. The first-order valence-electron chi connectivity index (χ1n) is 5.84. The Bertz CT molecular complexity index is 627. The fourth-order valence-corrected chi connectivity index (χ4v) is 2.47. The monoisotopic (exact) mass is 264 g/mol. The van der Waals surface area contributed by atoms with Gasteiger partial charge in [0.05, 0.1) is 12.4 Å². The lowest BCUT2D eigenvalue weighted by Gasteiger charge is -2.08. The second-order valence-corrected chi connectivity index (χ2v) is 6.57. The molecule has 0 spiro atoms. The minimum absolute atomic E-state index is 0.164. The molecule has 0 aromatic heterocycles. The van der Waals surface area contributed by atoms with E-state index in [1.54, 1.807) is 0 Å². The molecule has 0 N–H and O–H groups in total. The first-order chi connectivity index (χ1) is 8.56. The summed E-state index contributed by atoms with van der Waals surface area (Å²) in [5.41, 5.74) is 0. The highest BCUT2D eigenvalue weighted by Gasteiger charge is 2.03. The molecule has 0 bridgehead atoms. The highest BCUT2D eigenvalue weighted by atomic mass is 32.2. The molecule has 0 heterocycles. The quantitative estimate of drug-likeness (QED) is 0.780. The average molecular weight is 264 g/mol. The van der Waals surface area contributed by atoms with Crippen molar-refractivity contribution in [1.29, 1.82) is 0 Å². The van der Waals surface area contributed by atoms with E-state index in [9.17, 15) is 8.42 Å². The van der Waals surface area contributed by atoms with Crippen molar-refractivity contribution in [3.8, 4) is 5.75 Å². The van der Waals surface area contributed by atoms with Gasteiger partial charge in [0.25, 0.3) is 0 Å². The maximum Gasteiger partial charge on any atom is 0.147 e. The maximum absolute atomic E-state index is 11.0. The van der Waals surface area contributed by atoms with Crippen molar-refractivity contribution in [2.24, 2.45) is 0 Å². The number of rotatable bonds is 5. The van der Waals surface area contributed by atoms with E-state index in [1.807, 2.05) is 42.5 Å². The molecule has 0 aliphatic heterocycles. The zero-order valence-corrected chi connectivity index (χ0v) is 11.1. The first-order valence-corrected chi connectivity index (χ1v) is 7.90. The van der Waals surface area contributed by atoms with Gasteiger partial charge < -0.3 is 4.74 Å². The van der Waals surface area contributed by atoms with Gasteiger partial charge in [0.2, 0.25) is 0 Å². The number of hydrogen-bond donors (Lipinski definition) is 0. The molecule has 0 unspecified atom stereocenters. The molecule has 0 fully saturated rings. The standard InChI is InChI=1S/C14H16O3S/c1-18(15,16)11-5-10-17-14-9-4-7-12-6-2-3-8-13(12)14/h2-4,6-9H,5,10-11H2,1H3. The van der Waals surface area contributed by atoms with Crippen LogP contribution in [0.3, 0.4) is 0 Å². The minimum atomic E-state index is -2.90. The number of fused-ring (bicyclic) bond motifs is 1. The van der Waals surface area contributed by atoms with Gasteiger partial charge in [-0.2, -0.15) is 0 Å². The normalized spacial score (nSPS) is 11.6. The fraction of sp³-hybridized carbons (Fsp3) is 0.286. The summed E-state index contributed by atoms with van der Waals surface area (Å²) < 4.78 is 27.6. The summed E-state index contributed by atoms with van der Waals surface area (Å²) in [5, 5.41) is 2.18. The fourth-order valence-electron chi connectivity index (χ4n) is 1.82. The molecule has 96 valence electrons. The Labute approximate surface area is 107 Å². The zero-order valence-electron chi connectivity index (χ0n) is 10.3. The van der Waals surface area contributed by atoms with Crippen molar-refractivity contribution in [2.45, 2.75) is 6.42 Å². The van der Waals surface area contributed by atoms with Crippen molar-refractivity contribution < 1.29 is 13.2 Å². The van der Waals surface area contributed by atoms with Crippen molar-refractivity contribution in [3.05, 3.63) is 42.5 Å². The lowest BCUT2D eigenvalue weighted by molar-refractivity contribution is 0.321. The van der Waals surface area contributed by atoms with Crippen LogP contribution >= 0.6 is 0 Å². The van der Waals surface area contributed by atoms with Crippen LogP contribution in [0.5, 0.6) is 5.75 Å². The second-order valence-electron chi connectivity index (χ2n) is 4.31. The van der Waals surface area contributed by atoms with Crippen LogP contribution in [0.2, 0.25) is 0 Å². The summed E-state index contributed by atoms with van der Waals surface area (Å²) in [7, 11) is -2.90. The number of ether oxygens (including phenoxy) is 1. The summed E-state index contributed by atoms with van der Waals surface area (Å²) in [6, 6.07) is 13.8. The number of hydrogen-bond acceptors (Lipinski definition) is 3. The molecule has 0 amide bonds. The Hall–Kier alpha value is -1.55. The van der Waals surface area contributed by atoms with Crippen LogP contribution in [-0.2, 0) is 9.84 Å². The van der Waals surface area contributed by atoms with Gasteiger partial charge in [0.15, 0.2) is 0 Å². The highest BCUT2D eigenvalue weighted by molar-refractivity contribution is 7.90. The summed E-state index contributed by atoms with van der Waals surface area (Å²) >= 11 is 0. The van der Waals surface area contributed by atoms with E-state index >= 15 is 0 Å². The molecule has 2 aromatic carbocycles. The van der Waals surface area contributed by atoms with E-state index in [1.165, 1.54) is 6.26 Å². The van der Waals surface area contributed by atoms with E-state index in [0.717, 1.165) is 16.5 Å². The molecule has 4 heteroatoms. The average Bonchev–Trinajstić information content (AvgIpc) is 2.33. The third kappa shape index (κ3) is 3.47. The van der Waals surface area contributed by atoms with Gasteiger partial charge in [-0.3, -0.25) is 0 Å². The molecular weight excluding hydrogens is 248 g/mol. The van der Waals surface area contributed by atoms with Crippen LogP contribution in [0.25, 0.3) is 10.8 Å². The first kappa shape index (κ1) is 12.9. The lowest BCUT2D eigenvalue weighted by atomic mass is 10.1. The smallest absolute Gasteiger partial charge is 0.147 e. The minimum Gasteiger partial charge on any atom is -0.493 e.